The molecule has 156 valence electrons. The molecule has 1 aliphatic carbocycles. The Balaban J connectivity index is 0.000000297. The van der Waals surface area contributed by atoms with Crippen molar-refractivity contribution in [1.82, 2.24) is 0 Å². The van der Waals surface area contributed by atoms with Crippen LogP contribution in [0.4, 0.5) is 0 Å². The average molecular weight is 449 g/mol. The van der Waals surface area contributed by atoms with Gasteiger partial charge in [-0.05, 0) is 10.8 Å². The van der Waals surface area contributed by atoms with Crippen molar-refractivity contribution in [1.29, 1.82) is 0 Å². The van der Waals surface area contributed by atoms with Gasteiger partial charge in [-0.1, -0.05) is 76.9 Å². The van der Waals surface area contributed by atoms with Gasteiger partial charge < -0.3 is 0 Å². The number of benzene rings is 2. The van der Waals surface area contributed by atoms with E-state index in [1.165, 1.54) is 32.7 Å². The number of hydrogen-bond donors (Lipinski definition) is 0. The standard InChI is InChI=1S/C21H25.C5H5.C2H6Si.Ti/c1-20(2,3)16-7-9-18-14(12-16)11-15-13-17(21(4,5)6)8-10-19(15)18;1-2-4-5-3-1;1-3-2;/h7-13H,1-6H3;1-3H,4H2;1-2H3;/q2*-1;;+2. The summed E-state index contributed by atoms with van der Waals surface area (Å²) in [5.74, 6) is 0. The first kappa shape index (κ1) is 25.0. The third-order valence-electron chi connectivity index (χ3n) is 5.02. The fourth-order valence-electron chi connectivity index (χ4n) is 3.30. The van der Waals surface area contributed by atoms with Crippen molar-refractivity contribution in [2.75, 3.05) is 0 Å². The van der Waals surface area contributed by atoms with E-state index in [1.807, 2.05) is 12.2 Å². The van der Waals surface area contributed by atoms with Crippen molar-refractivity contribution in [2.45, 2.75) is 71.9 Å². The summed E-state index contributed by atoms with van der Waals surface area (Å²) in [5.41, 5.74) is 3.21. The molecule has 0 spiro atoms. The fraction of sp³-hybridized carbons (Fsp3) is 0.393. The van der Waals surface area contributed by atoms with Crippen LogP contribution in [-0.4, -0.2) is 6.19 Å². The van der Waals surface area contributed by atoms with Gasteiger partial charge in [0.25, 0.3) is 0 Å². The largest absolute Gasteiger partial charge is 0.273 e. The molecule has 0 unspecified atom stereocenters. The Morgan fingerprint density at radius 3 is 1.53 bits per heavy atom. The molecule has 0 bridgehead atoms. The Hall–Kier alpha value is -1.28. The second kappa shape index (κ2) is 10.4. The van der Waals surface area contributed by atoms with E-state index in [0.717, 1.165) is 6.42 Å². The molecule has 3 aromatic rings. The summed E-state index contributed by atoms with van der Waals surface area (Å²) in [6, 6.07) is 16.2. The monoisotopic (exact) mass is 448 g/mol. The Morgan fingerprint density at radius 2 is 1.27 bits per heavy atom. The fourth-order valence-corrected chi connectivity index (χ4v) is 3.30. The molecule has 0 aromatic heterocycles. The van der Waals surface area contributed by atoms with Gasteiger partial charge in [-0.25, -0.2) is 12.2 Å². The molecule has 4 rings (SSSR count). The molecule has 30 heavy (non-hydrogen) atoms. The van der Waals surface area contributed by atoms with Gasteiger partial charge in [-0.2, -0.15) is 6.08 Å². The van der Waals surface area contributed by atoms with Crippen LogP contribution in [0.1, 0.15) is 59.1 Å². The molecule has 0 amide bonds. The molecule has 0 saturated heterocycles. The van der Waals surface area contributed by atoms with E-state index < -0.39 is 0 Å². The minimum absolute atomic E-state index is 0.120. The van der Waals surface area contributed by atoms with Crippen LogP contribution in [0.3, 0.4) is 0 Å². The van der Waals surface area contributed by atoms with Gasteiger partial charge in [-0.15, -0.1) is 46.2 Å². The molecular formula is C28H36SiTi. The molecule has 0 nitrogen and oxygen atoms in total. The Bertz CT molecular complexity index is 983. The molecule has 1 aliphatic rings. The van der Waals surface area contributed by atoms with Crippen molar-refractivity contribution < 1.29 is 19.2 Å². The normalized spacial score (nSPS) is 13.1. The summed E-state index contributed by atoms with van der Waals surface area (Å²) < 4.78 is 0. The average Bonchev–Trinajstić information content (AvgIpc) is 3.30. The number of fused-ring (bicyclic) bond motifs is 3. The molecule has 3 aromatic carbocycles. The minimum Gasteiger partial charge on any atom is -0.273 e. The maximum Gasteiger partial charge on any atom is -0.109 e. The first-order chi connectivity index (χ1) is 13.9. The molecule has 0 N–H and O–H groups in total. The zero-order valence-electron chi connectivity index (χ0n) is 20.0. The van der Waals surface area contributed by atoms with Crippen LogP contribution < -0.4 is 0 Å². The third kappa shape index (κ3) is 7.15. The predicted octanol–water partition coefficient (Wildman–Crippen LogP) is 8.40. The van der Waals surface area contributed by atoms with E-state index in [9.17, 15) is 0 Å². The van der Waals surface area contributed by atoms with Crippen LogP contribution in [0.25, 0.3) is 21.5 Å². The molecule has 0 heterocycles. The van der Waals surface area contributed by atoms with Crippen LogP contribution in [0.2, 0.25) is 13.1 Å². The summed E-state index contributed by atoms with van der Waals surface area (Å²) in [4.78, 5) is 0. The molecule has 0 saturated carbocycles. The van der Waals surface area contributed by atoms with E-state index in [-0.39, 0.29) is 17.0 Å². The summed E-state index contributed by atoms with van der Waals surface area (Å²) in [5, 5.41) is 5.48. The molecule has 0 fully saturated rings. The van der Waals surface area contributed by atoms with Gasteiger partial charge in [-0.3, -0.25) is 6.08 Å². The predicted molar refractivity (Wildman–Crippen MR) is 133 cm³/mol. The van der Waals surface area contributed by atoms with Crippen molar-refractivity contribution in [2.24, 2.45) is 0 Å². The van der Waals surface area contributed by atoms with Gasteiger partial charge >= 0.3 is 38.5 Å². The summed E-state index contributed by atoms with van der Waals surface area (Å²) in [6.45, 7) is 18.2. The Kier molecular flexibility index (Phi) is 8.62. The van der Waals surface area contributed by atoms with Crippen LogP contribution >= 0.6 is 0 Å². The van der Waals surface area contributed by atoms with E-state index >= 15 is 0 Å². The number of allylic oxidation sites excluding steroid dienone is 4. The zero-order chi connectivity index (χ0) is 22.5. The molecule has 0 radical (unpaired) electrons. The van der Waals surface area contributed by atoms with E-state index in [4.69, 9.17) is 0 Å². The summed E-state index contributed by atoms with van der Waals surface area (Å²) in [6.07, 6.45) is 10.1. The van der Waals surface area contributed by atoms with E-state index in [1.54, 1.807) is 0 Å². The molecular weight excluding hydrogens is 412 g/mol. The topological polar surface area (TPSA) is 0 Å². The maximum absolute atomic E-state index is 2.99. The quantitative estimate of drug-likeness (QED) is 0.239. The number of rotatable bonds is 0. The van der Waals surface area contributed by atoms with Crippen LogP contribution in [0, 0.1) is 6.08 Å². The molecule has 0 aliphatic heterocycles. The van der Waals surface area contributed by atoms with Gasteiger partial charge in [0.2, 0.25) is 0 Å². The SMILES string of the molecule is CC(C)(C)c1ccc2c(c1)[cH-]c1cc(C(C)(C)C)ccc12.C[Si](C)=[Ti+2].[C-]1=CC=CC1. The van der Waals surface area contributed by atoms with Crippen LogP contribution in [0.5, 0.6) is 0 Å². The van der Waals surface area contributed by atoms with E-state index in [2.05, 4.69) is 128 Å². The molecule has 2 heteroatoms. The van der Waals surface area contributed by atoms with E-state index in [0.29, 0.717) is 0 Å². The third-order valence-corrected chi connectivity index (χ3v) is 5.02. The second-order valence-corrected chi connectivity index (χ2v) is 16.9. The summed E-state index contributed by atoms with van der Waals surface area (Å²) in [7, 11) is 0. The second-order valence-electron chi connectivity index (χ2n) is 10.3. The van der Waals surface area contributed by atoms with Crippen molar-refractivity contribution in [3.05, 3.63) is 77.9 Å². The number of hydrogen-bond acceptors (Lipinski definition) is 0. The van der Waals surface area contributed by atoms with Gasteiger partial charge in [0.05, 0.1) is 0 Å². The van der Waals surface area contributed by atoms with Crippen molar-refractivity contribution >= 4 is 27.7 Å². The first-order valence-electron chi connectivity index (χ1n) is 10.8. The Morgan fingerprint density at radius 1 is 0.833 bits per heavy atom. The maximum atomic E-state index is 2.99. The van der Waals surface area contributed by atoms with Crippen molar-refractivity contribution in [3.8, 4) is 0 Å². The summed E-state index contributed by atoms with van der Waals surface area (Å²) >= 11 is 2.27. The van der Waals surface area contributed by atoms with Gasteiger partial charge in [0.15, 0.2) is 0 Å². The minimum atomic E-state index is 0.120. The van der Waals surface area contributed by atoms with Crippen LogP contribution in [-0.2, 0) is 30.0 Å². The first-order valence-corrected chi connectivity index (χ1v) is 15.6. The smallest absolute Gasteiger partial charge is 0.109 e. The van der Waals surface area contributed by atoms with Gasteiger partial charge in [0.1, 0.15) is 0 Å². The van der Waals surface area contributed by atoms with Gasteiger partial charge in [0, 0.05) is 0 Å². The Labute approximate surface area is 196 Å². The zero-order valence-corrected chi connectivity index (χ0v) is 22.5. The van der Waals surface area contributed by atoms with Crippen molar-refractivity contribution in [3.63, 3.8) is 0 Å². The molecule has 0 atom stereocenters. The van der Waals surface area contributed by atoms with Crippen LogP contribution in [0.15, 0.2) is 60.7 Å².